The number of amides is 2. The summed E-state index contributed by atoms with van der Waals surface area (Å²) in [6, 6.07) is 10.1. The molecule has 0 saturated carbocycles. The second-order valence-corrected chi connectivity index (χ2v) is 5.65. The van der Waals surface area contributed by atoms with Gasteiger partial charge in [0.25, 0.3) is 11.8 Å². The van der Waals surface area contributed by atoms with E-state index in [9.17, 15) is 9.59 Å². The lowest BCUT2D eigenvalue weighted by Gasteiger charge is -2.10. The average molecular weight is 349 g/mol. The highest BCUT2D eigenvalue weighted by molar-refractivity contribution is 7.80. The zero-order valence-electron chi connectivity index (χ0n) is 12.3. The molecular weight excluding hydrogens is 334 g/mol. The number of thiophene rings is 1. The van der Waals surface area contributed by atoms with E-state index in [2.05, 4.69) is 16.2 Å². The van der Waals surface area contributed by atoms with Gasteiger partial charge in [0, 0.05) is 5.56 Å². The van der Waals surface area contributed by atoms with E-state index in [-0.39, 0.29) is 16.9 Å². The van der Waals surface area contributed by atoms with Crippen molar-refractivity contribution in [2.24, 2.45) is 0 Å². The van der Waals surface area contributed by atoms with Gasteiger partial charge in [0.05, 0.1) is 11.5 Å². The molecule has 0 atom stereocenters. The number of rotatable bonds is 4. The molecule has 0 bridgehead atoms. The lowest BCUT2D eigenvalue weighted by molar-refractivity contribution is 0.0938. The van der Waals surface area contributed by atoms with Crippen molar-refractivity contribution in [1.82, 2.24) is 16.2 Å². The maximum absolute atomic E-state index is 12.0. The molecule has 2 amide bonds. The number of hydrogen-bond donors (Lipinski definition) is 3. The Morgan fingerprint density at radius 2 is 1.87 bits per heavy atom. The first kappa shape index (κ1) is 16.9. The number of carbonyl (C=O) groups excluding carboxylic acids is 2. The van der Waals surface area contributed by atoms with Gasteiger partial charge in [-0.2, -0.15) is 0 Å². The molecule has 0 unspecified atom stereocenters. The molecule has 1 heterocycles. The minimum absolute atomic E-state index is 0.00814. The van der Waals surface area contributed by atoms with E-state index in [4.69, 9.17) is 17.0 Å². The fourth-order valence-electron chi connectivity index (χ4n) is 1.66. The minimum atomic E-state index is -0.379. The van der Waals surface area contributed by atoms with Gasteiger partial charge in [-0.15, -0.1) is 11.3 Å². The fourth-order valence-corrected chi connectivity index (χ4v) is 2.42. The normalized spacial score (nSPS) is 9.78. The van der Waals surface area contributed by atoms with Gasteiger partial charge >= 0.3 is 0 Å². The third-order valence-electron chi connectivity index (χ3n) is 2.69. The largest absolute Gasteiger partial charge is 0.494 e. The molecule has 120 valence electrons. The first-order valence-electron chi connectivity index (χ1n) is 6.78. The van der Waals surface area contributed by atoms with Crippen LogP contribution in [0.4, 0.5) is 0 Å². The quantitative estimate of drug-likeness (QED) is 0.582. The molecule has 23 heavy (non-hydrogen) atoms. The monoisotopic (exact) mass is 349 g/mol. The van der Waals surface area contributed by atoms with E-state index < -0.39 is 0 Å². The number of hydrogen-bond acceptors (Lipinski definition) is 5. The molecule has 0 radical (unpaired) electrons. The van der Waals surface area contributed by atoms with Gasteiger partial charge in [0.2, 0.25) is 0 Å². The van der Waals surface area contributed by atoms with Gasteiger partial charge in [0.1, 0.15) is 5.75 Å². The predicted octanol–water partition coefficient (Wildman–Crippen LogP) is 2.10. The van der Waals surface area contributed by atoms with Crippen molar-refractivity contribution in [1.29, 1.82) is 0 Å². The van der Waals surface area contributed by atoms with Crippen molar-refractivity contribution in [3.05, 3.63) is 52.2 Å². The molecular formula is C15H15N3O3S2. The molecule has 0 aliphatic heterocycles. The molecule has 3 N–H and O–H groups in total. The molecule has 0 saturated heterocycles. The average Bonchev–Trinajstić information content (AvgIpc) is 3.08. The van der Waals surface area contributed by atoms with Crippen LogP contribution in [-0.2, 0) is 0 Å². The number of hydrazine groups is 1. The zero-order valence-corrected chi connectivity index (χ0v) is 13.9. The van der Waals surface area contributed by atoms with Crippen molar-refractivity contribution in [2.45, 2.75) is 6.92 Å². The van der Waals surface area contributed by atoms with Crippen LogP contribution in [0.5, 0.6) is 5.75 Å². The number of nitrogens with one attached hydrogen (secondary N) is 3. The third kappa shape index (κ3) is 5.04. The molecule has 1 aromatic carbocycles. The Kier molecular flexibility index (Phi) is 6.07. The molecule has 0 fully saturated rings. The summed E-state index contributed by atoms with van der Waals surface area (Å²) in [6.07, 6.45) is 0. The lowest BCUT2D eigenvalue weighted by Crippen LogP contribution is -2.48. The summed E-state index contributed by atoms with van der Waals surface area (Å²) in [6.45, 7) is 2.44. The van der Waals surface area contributed by atoms with Crippen LogP contribution in [0.1, 0.15) is 27.0 Å². The zero-order chi connectivity index (χ0) is 16.7. The van der Waals surface area contributed by atoms with Crippen LogP contribution in [0.25, 0.3) is 0 Å². The summed E-state index contributed by atoms with van der Waals surface area (Å²) >= 11 is 6.27. The van der Waals surface area contributed by atoms with Crippen molar-refractivity contribution in [3.63, 3.8) is 0 Å². The summed E-state index contributed by atoms with van der Waals surface area (Å²) in [7, 11) is 0. The SMILES string of the molecule is CCOc1ccc(C(=O)NC(=S)NNC(=O)c2cccs2)cc1. The molecule has 0 spiro atoms. The summed E-state index contributed by atoms with van der Waals surface area (Å²) in [4.78, 5) is 24.3. The number of benzene rings is 1. The number of thiocarbonyl (C=S) groups is 1. The van der Waals surface area contributed by atoms with E-state index in [0.717, 1.165) is 0 Å². The molecule has 1 aromatic heterocycles. The Bertz CT molecular complexity index is 685. The van der Waals surface area contributed by atoms with Crippen molar-refractivity contribution in [3.8, 4) is 5.75 Å². The summed E-state index contributed by atoms with van der Waals surface area (Å²) in [5, 5.41) is 4.28. The van der Waals surface area contributed by atoms with Gasteiger partial charge in [-0.3, -0.25) is 25.8 Å². The standard InChI is InChI=1S/C15H15N3O3S2/c1-2-21-11-7-5-10(6-8-11)13(19)16-15(22)18-17-14(20)12-4-3-9-23-12/h3-9H,2H2,1H3,(H,17,20)(H2,16,18,19,22). The Labute approximate surface area is 142 Å². The highest BCUT2D eigenvalue weighted by atomic mass is 32.1. The molecule has 8 heteroatoms. The van der Waals surface area contributed by atoms with Crippen LogP contribution in [0, 0.1) is 0 Å². The fraction of sp³-hybridized carbons (Fsp3) is 0.133. The maximum atomic E-state index is 12.0. The maximum Gasteiger partial charge on any atom is 0.279 e. The smallest absolute Gasteiger partial charge is 0.279 e. The van der Waals surface area contributed by atoms with Gasteiger partial charge in [0.15, 0.2) is 5.11 Å². The summed E-state index contributed by atoms with van der Waals surface area (Å²) in [5.74, 6) is -0.0125. The second kappa shape index (κ2) is 8.25. The number of ether oxygens (including phenoxy) is 1. The number of carbonyl (C=O) groups is 2. The van der Waals surface area contributed by atoms with Crippen LogP contribution >= 0.6 is 23.6 Å². The molecule has 0 aliphatic carbocycles. The highest BCUT2D eigenvalue weighted by Gasteiger charge is 2.10. The van der Waals surface area contributed by atoms with Gasteiger partial charge < -0.3 is 4.74 Å². The van der Waals surface area contributed by atoms with Crippen molar-refractivity contribution >= 4 is 40.5 Å². The first-order chi connectivity index (χ1) is 11.1. The Balaban J connectivity index is 1.82. The van der Waals surface area contributed by atoms with Crippen LogP contribution in [-0.4, -0.2) is 23.5 Å². The predicted molar refractivity (Wildman–Crippen MR) is 92.6 cm³/mol. The molecule has 6 nitrogen and oxygen atoms in total. The van der Waals surface area contributed by atoms with E-state index in [1.54, 1.807) is 41.8 Å². The van der Waals surface area contributed by atoms with Crippen LogP contribution in [0.3, 0.4) is 0 Å². The van der Waals surface area contributed by atoms with E-state index in [0.29, 0.717) is 22.8 Å². The van der Waals surface area contributed by atoms with E-state index in [1.165, 1.54) is 11.3 Å². The van der Waals surface area contributed by atoms with Gasteiger partial charge in [-0.1, -0.05) is 6.07 Å². The van der Waals surface area contributed by atoms with Crippen LogP contribution in [0.2, 0.25) is 0 Å². The van der Waals surface area contributed by atoms with E-state index in [1.807, 2.05) is 6.92 Å². The van der Waals surface area contributed by atoms with E-state index >= 15 is 0 Å². The molecule has 0 aliphatic rings. The van der Waals surface area contributed by atoms with Gasteiger partial charge in [-0.05, 0) is 54.9 Å². The molecule has 2 rings (SSSR count). The Morgan fingerprint density at radius 3 is 2.48 bits per heavy atom. The Hall–Kier alpha value is -2.45. The second-order valence-electron chi connectivity index (χ2n) is 4.30. The van der Waals surface area contributed by atoms with Crippen LogP contribution in [0.15, 0.2) is 41.8 Å². The minimum Gasteiger partial charge on any atom is -0.494 e. The summed E-state index contributed by atoms with van der Waals surface area (Å²) < 4.78 is 5.31. The third-order valence-corrected chi connectivity index (χ3v) is 3.76. The molecule has 2 aromatic rings. The lowest BCUT2D eigenvalue weighted by atomic mass is 10.2. The van der Waals surface area contributed by atoms with Crippen molar-refractivity contribution in [2.75, 3.05) is 6.61 Å². The van der Waals surface area contributed by atoms with Crippen LogP contribution < -0.4 is 20.9 Å². The highest BCUT2D eigenvalue weighted by Crippen LogP contribution is 2.12. The van der Waals surface area contributed by atoms with Crippen molar-refractivity contribution < 1.29 is 14.3 Å². The topological polar surface area (TPSA) is 79.5 Å². The summed E-state index contributed by atoms with van der Waals surface area (Å²) in [5.41, 5.74) is 5.33. The first-order valence-corrected chi connectivity index (χ1v) is 8.07. The Morgan fingerprint density at radius 1 is 1.13 bits per heavy atom. The van der Waals surface area contributed by atoms with Gasteiger partial charge in [-0.25, -0.2) is 0 Å².